The highest BCUT2D eigenvalue weighted by Crippen LogP contribution is 2.36. The van der Waals surface area contributed by atoms with Gasteiger partial charge in [-0.2, -0.15) is 0 Å². The number of aromatic amines is 1. The molecule has 2 N–H and O–H groups in total. The van der Waals surface area contributed by atoms with Crippen molar-refractivity contribution in [3.63, 3.8) is 0 Å². The van der Waals surface area contributed by atoms with Crippen molar-refractivity contribution in [2.45, 2.75) is 68.2 Å². The minimum Gasteiger partial charge on any atom is -0.396 e. The fourth-order valence-electron chi connectivity index (χ4n) is 7.53. The summed E-state index contributed by atoms with van der Waals surface area (Å²) in [6, 6.07) is 12.4. The zero-order chi connectivity index (χ0) is 36.0. The molecule has 1 aliphatic heterocycles. The number of aliphatic hydroxyl groups excluding tert-OH is 1. The summed E-state index contributed by atoms with van der Waals surface area (Å²) >= 11 is 7.14. The van der Waals surface area contributed by atoms with E-state index in [0.29, 0.717) is 0 Å². The number of nitrogens with one attached hydrogen (secondary N) is 1. The highest BCUT2D eigenvalue weighted by atomic mass is 79.9. The van der Waals surface area contributed by atoms with Crippen molar-refractivity contribution in [3.8, 4) is 11.4 Å². The lowest BCUT2D eigenvalue weighted by atomic mass is 10.0. The van der Waals surface area contributed by atoms with Gasteiger partial charge in [0.05, 0.1) is 22.4 Å². The van der Waals surface area contributed by atoms with Crippen LogP contribution >= 0.6 is 31.9 Å². The first kappa shape index (κ1) is 35.9. The number of pyridine rings is 2. The minimum atomic E-state index is 0.0740. The van der Waals surface area contributed by atoms with Crippen LogP contribution in [0.5, 0.6) is 0 Å². The predicted octanol–water partition coefficient (Wildman–Crippen LogP) is 9.86. The Bertz CT molecular complexity index is 2320. The lowest BCUT2D eigenvalue weighted by Crippen LogP contribution is -2.29. The van der Waals surface area contributed by atoms with Crippen LogP contribution in [0.3, 0.4) is 0 Å². The molecule has 9 heteroatoms. The normalized spacial score (nSPS) is 13.2. The number of fused-ring (bicyclic) bond motifs is 2. The van der Waals surface area contributed by atoms with Gasteiger partial charge in [0.15, 0.2) is 5.43 Å². The standard InChI is InChI=1S/C24H28BrN3O.C17H17BrN2O/c1-15-11-20(25)12-16(2)23(15)28-14-17(3)22-21(13-18(4)26-24(22)28)27-8-5-19(6-9-27)7-10-29;1-9-5-13(18)6-10(2)16(9)20-8-11(3)15-14(21)7-12(4)19-17(15)20/h5,11-14,29H,6-10H2,1-4H3;5-8H,1-4H3,(H,19,21). The zero-order valence-electron chi connectivity index (χ0n) is 30.1. The summed E-state index contributed by atoms with van der Waals surface area (Å²) in [6.07, 6.45) is 8.33. The molecule has 0 saturated heterocycles. The molecule has 6 aromatic rings. The molecule has 4 aromatic heterocycles. The third-order valence-corrected chi connectivity index (χ3v) is 10.5. The maximum absolute atomic E-state index is 12.2. The average molecular weight is 800 g/mol. The summed E-state index contributed by atoms with van der Waals surface area (Å²) in [4.78, 5) is 23.0. The number of hydrogen-bond donors (Lipinski definition) is 2. The molecule has 0 amide bonds. The first-order valence-corrected chi connectivity index (χ1v) is 18.6. The van der Waals surface area contributed by atoms with Gasteiger partial charge in [0.2, 0.25) is 0 Å². The number of aryl methyl sites for hydroxylation is 8. The van der Waals surface area contributed by atoms with E-state index in [0.717, 1.165) is 74.2 Å². The molecule has 0 unspecified atom stereocenters. The number of hydrogen-bond acceptors (Lipinski definition) is 4. The number of rotatable bonds is 5. The van der Waals surface area contributed by atoms with Crippen LogP contribution in [-0.4, -0.2) is 43.9 Å². The molecular weight excluding hydrogens is 754 g/mol. The van der Waals surface area contributed by atoms with E-state index >= 15 is 0 Å². The van der Waals surface area contributed by atoms with Crippen LogP contribution < -0.4 is 10.3 Å². The van der Waals surface area contributed by atoms with Gasteiger partial charge in [0.25, 0.3) is 0 Å². The van der Waals surface area contributed by atoms with Crippen molar-refractivity contribution < 1.29 is 5.11 Å². The summed E-state index contributed by atoms with van der Waals surface area (Å²) in [6.45, 7) is 18.7. The highest BCUT2D eigenvalue weighted by Gasteiger charge is 2.21. The summed E-state index contributed by atoms with van der Waals surface area (Å²) in [5, 5.41) is 11.2. The maximum atomic E-state index is 12.2. The Balaban J connectivity index is 0.000000182. The number of H-pyrrole nitrogens is 1. The van der Waals surface area contributed by atoms with Crippen LogP contribution in [-0.2, 0) is 0 Å². The Morgan fingerprint density at radius 1 is 0.760 bits per heavy atom. The monoisotopic (exact) mass is 797 g/mol. The van der Waals surface area contributed by atoms with Gasteiger partial charge in [-0.25, -0.2) is 4.98 Å². The summed E-state index contributed by atoms with van der Waals surface area (Å²) in [5.41, 5.74) is 15.9. The molecule has 1 aliphatic rings. The number of aliphatic hydroxyl groups is 1. The quantitative estimate of drug-likeness (QED) is 0.170. The number of nitrogens with zero attached hydrogens (tertiary/aromatic N) is 4. The van der Waals surface area contributed by atoms with Crippen molar-refractivity contribution in [3.05, 3.63) is 124 Å². The van der Waals surface area contributed by atoms with E-state index < -0.39 is 0 Å². The first-order chi connectivity index (χ1) is 23.8. The van der Waals surface area contributed by atoms with Gasteiger partial charge in [0, 0.05) is 63.9 Å². The molecule has 0 spiro atoms. The Morgan fingerprint density at radius 3 is 1.88 bits per heavy atom. The van der Waals surface area contributed by atoms with E-state index in [1.807, 2.05) is 20.0 Å². The Hall–Kier alpha value is -3.92. The lowest BCUT2D eigenvalue weighted by molar-refractivity contribution is 0.297. The van der Waals surface area contributed by atoms with Gasteiger partial charge >= 0.3 is 0 Å². The van der Waals surface area contributed by atoms with Gasteiger partial charge in [-0.1, -0.05) is 43.5 Å². The number of benzene rings is 2. The molecule has 2 aromatic carbocycles. The average Bonchev–Trinajstić information content (AvgIpc) is 3.52. The second kappa shape index (κ2) is 14.4. The van der Waals surface area contributed by atoms with E-state index in [2.05, 4.69) is 135 Å². The number of halogens is 2. The molecule has 0 radical (unpaired) electrons. The highest BCUT2D eigenvalue weighted by molar-refractivity contribution is 9.10. The second-order valence-corrected chi connectivity index (χ2v) is 15.5. The Kier molecular flexibility index (Phi) is 10.3. The van der Waals surface area contributed by atoms with E-state index in [9.17, 15) is 9.90 Å². The van der Waals surface area contributed by atoms with Crippen LogP contribution in [0.25, 0.3) is 33.4 Å². The van der Waals surface area contributed by atoms with Crippen molar-refractivity contribution in [1.82, 2.24) is 19.1 Å². The van der Waals surface area contributed by atoms with Crippen molar-refractivity contribution in [1.29, 1.82) is 0 Å². The molecule has 50 heavy (non-hydrogen) atoms. The van der Waals surface area contributed by atoms with Crippen LogP contribution in [0.2, 0.25) is 0 Å². The fourth-order valence-corrected chi connectivity index (χ4v) is 8.90. The Labute approximate surface area is 310 Å². The molecular formula is C41H45Br2N5O2. The molecule has 0 aliphatic carbocycles. The Morgan fingerprint density at radius 2 is 1.32 bits per heavy atom. The maximum Gasteiger partial charge on any atom is 0.191 e. The third kappa shape index (κ3) is 6.88. The SMILES string of the molecule is Cc1cc(=O)c2c(C)cn(-c3c(C)cc(Br)cc3C)c2[nH]1.Cc1cc(N2CC=C(CCO)CC2)c2c(C)cn(-c3c(C)cc(Br)cc3C)c2n1. The van der Waals surface area contributed by atoms with Crippen LogP contribution in [0.1, 0.15) is 57.6 Å². The van der Waals surface area contributed by atoms with Crippen molar-refractivity contribution >= 4 is 59.6 Å². The zero-order valence-corrected chi connectivity index (χ0v) is 33.3. The van der Waals surface area contributed by atoms with Crippen molar-refractivity contribution in [2.24, 2.45) is 0 Å². The van der Waals surface area contributed by atoms with E-state index in [4.69, 9.17) is 4.98 Å². The fraction of sp³-hybridized carbons (Fsp3) is 0.317. The van der Waals surface area contributed by atoms with Gasteiger partial charge in [-0.3, -0.25) is 4.79 Å². The predicted molar refractivity (Wildman–Crippen MR) is 215 cm³/mol. The number of anilines is 1. The first-order valence-electron chi connectivity index (χ1n) is 17.1. The van der Waals surface area contributed by atoms with Gasteiger partial charge in [-0.05, 0) is 132 Å². The van der Waals surface area contributed by atoms with Crippen molar-refractivity contribution in [2.75, 3.05) is 24.6 Å². The third-order valence-electron chi connectivity index (χ3n) is 9.63. The molecule has 260 valence electrons. The molecule has 0 fully saturated rings. The minimum absolute atomic E-state index is 0.0740. The summed E-state index contributed by atoms with van der Waals surface area (Å²) in [5.74, 6) is 0. The molecule has 7 rings (SSSR count). The number of aromatic nitrogens is 4. The second-order valence-electron chi connectivity index (χ2n) is 13.7. The molecule has 0 bridgehead atoms. The van der Waals surface area contributed by atoms with Gasteiger partial charge in [-0.15, -0.1) is 0 Å². The van der Waals surface area contributed by atoms with Gasteiger partial charge in [0.1, 0.15) is 11.3 Å². The molecule has 5 heterocycles. The van der Waals surface area contributed by atoms with E-state index in [1.165, 1.54) is 50.2 Å². The molecule has 0 saturated carbocycles. The summed E-state index contributed by atoms with van der Waals surface area (Å²) in [7, 11) is 0. The van der Waals surface area contributed by atoms with E-state index in [-0.39, 0.29) is 12.0 Å². The topological polar surface area (TPSA) is 79.1 Å². The van der Waals surface area contributed by atoms with Gasteiger partial charge < -0.3 is 24.1 Å². The van der Waals surface area contributed by atoms with E-state index in [1.54, 1.807) is 6.07 Å². The lowest BCUT2D eigenvalue weighted by Gasteiger charge is -2.29. The molecule has 7 nitrogen and oxygen atoms in total. The van der Waals surface area contributed by atoms with Crippen LogP contribution in [0.15, 0.2) is 74.2 Å². The molecule has 0 atom stereocenters. The smallest absolute Gasteiger partial charge is 0.191 e. The van der Waals surface area contributed by atoms with Crippen LogP contribution in [0, 0.1) is 55.4 Å². The largest absolute Gasteiger partial charge is 0.396 e. The summed E-state index contributed by atoms with van der Waals surface area (Å²) < 4.78 is 6.53. The van der Waals surface area contributed by atoms with Crippen LogP contribution in [0.4, 0.5) is 5.69 Å².